The average molecular weight is 909 g/mol. The third kappa shape index (κ3) is 51.9. The molecule has 0 radical (unpaired) electrons. The number of carbonyl (C=O) groups is 3. The fourth-order valence-electron chi connectivity index (χ4n) is 7.85. The Morgan fingerprint density at radius 2 is 0.615 bits per heavy atom. The summed E-state index contributed by atoms with van der Waals surface area (Å²) in [6, 6.07) is 0. The highest BCUT2D eigenvalue weighted by Gasteiger charge is 2.19. The number of esters is 3. The van der Waals surface area contributed by atoms with Crippen LogP contribution in [0.15, 0.2) is 60.8 Å². The monoisotopic (exact) mass is 909 g/mol. The van der Waals surface area contributed by atoms with Gasteiger partial charge >= 0.3 is 17.9 Å². The maximum Gasteiger partial charge on any atom is 0.306 e. The first-order chi connectivity index (χ1) is 32.0. The zero-order chi connectivity index (χ0) is 47.2. The van der Waals surface area contributed by atoms with Crippen molar-refractivity contribution in [1.29, 1.82) is 0 Å². The molecule has 0 aliphatic rings. The van der Waals surface area contributed by atoms with Gasteiger partial charge in [-0.25, -0.2) is 0 Å². The molecule has 6 heteroatoms. The van der Waals surface area contributed by atoms with E-state index in [2.05, 4.69) is 81.5 Å². The highest BCUT2D eigenvalue weighted by Crippen LogP contribution is 2.16. The van der Waals surface area contributed by atoms with Crippen molar-refractivity contribution in [3.05, 3.63) is 60.8 Å². The number of hydrogen-bond donors (Lipinski definition) is 0. The van der Waals surface area contributed by atoms with E-state index in [0.29, 0.717) is 25.7 Å². The summed E-state index contributed by atoms with van der Waals surface area (Å²) in [7, 11) is 0. The zero-order valence-electron chi connectivity index (χ0n) is 43.0. The molecule has 0 rings (SSSR count). The van der Waals surface area contributed by atoms with Gasteiger partial charge in [0.1, 0.15) is 13.2 Å². The summed E-state index contributed by atoms with van der Waals surface area (Å²) < 4.78 is 16.8. The highest BCUT2D eigenvalue weighted by atomic mass is 16.6. The summed E-state index contributed by atoms with van der Waals surface area (Å²) in [5, 5.41) is 0. The molecule has 0 fully saturated rings. The van der Waals surface area contributed by atoms with Gasteiger partial charge in [-0.3, -0.25) is 14.4 Å². The van der Waals surface area contributed by atoms with E-state index in [0.717, 1.165) is 83.5 Å². The maximum absolute atomic E-state index is 12.8. The van der Waals surface area contributed by atoms with E-state index in [1.54, 1.807) is 0 Å². The van der Waals surface area contributed by atoms with Gasteiger partial charge < -0.3 is 14.2 Å². The van der Waals surface area contributed by atoms with Crippen LogP contribution in [0.4, 0.5) is 0 Å². The summed E-state index contributed by atoms with van der Waals surface area (Å²) in [5.41, 5.74) is 0. The van der Waals surface area contributed by atoms with Crippen LogP contribution in [0.3, 0.4) is 0 Å². The normalized spacial score (nSPS) is 12.5. The lowest BCUT2D eigenvalue weighted by atomic mass is 10.0. The summed E-state index contributed by atoms with van der Waals surface area (Å²) in [6.07, 6.45) is 66.5. The molecular formula is C59H104O6. The SMILES string of the molecule is CC/C=C\C/C=C\C/C=C\C/C=C\CCCCCCCCC(=O)OCC(COC(=O)CCC/C=C\CCCCCC)OC(=O)CCCCCCCCCCCCCCCCCCCCC. The Kier molecular flexibility index (Phi) is 51.3. The quantitative estimate of drug-likeness (QED) is 0.0262. The van der Waals surface area contributed by atoms with Gasteiger partial charge in [-0.15, -0.1) is 0 Å². The van der Waals surface area contributed by atoms with Crippen molar-refractivity contribution in [2.45, 2.75) is 284 Å². The number of ether oxygens (including phenoxy) is 3. The van der Waals surface area contributed by atoms with E-state index < -0.39 is 6.10 Å². The third-order valence-electron chi connectivity index (χ3n) is 12.0. The van der Waals surface area contributed by atoms with Gasteiger partial charge in [-0.2, -0.15) is 0 Å². The second-order valence-electron chi connectivity index (χ2n) is 18.5. The van der Waals surface area contributed by atoms with Crippen molar-refractivity contribution < 1.29 is 28.6 Å². The molecule has 1 atom stereocenters. The lowest BCUT2D eigenvalue weighted by molar-refractivity contribution is -0.167. The van der Waals surface area contributed by atoms with Crippen LogP contribution in [-0.2, 0) is 28.6 Å². The predicted molar refractivity (Wildman–Crippen MR) is 279 cm³/mol. The Hall–Kier alpha value is -2.89. The molecule has 0 bridgehead atoms. The van der Waals surface area contributed by atoms with Gasteiger partial charge in [0, 0.05) is 19.3 Å². The minimum Gasteiger partial charge on any atom is -0.462 e. The molecule has 0 aliphatic carbocycles. The summed E-state index contributed by atoms with van der Waals surface area (Å²) in [5.74, 6) is -0.928. The Balaban J connectivity index is 4.30. The molecule has 0 N–H and O–H groups in total. The van der Waals surface area contributed by atoms with E-state index in [1.807, 2.05) is 0 Å². The van der Waals surface area contributed by atoms with Crippen molar-refractivity contribution in [1.82, 2.24) is 0 Å². The number of hydrogen-bond acceptors (Lipinski definition) is 6. The molecule has 0 aliphatic heterocycles. The van der Waals surface area contributed by atoms with Crippen molar-refractivity contribution in [2.24, 2.45) is 0 Å². The molecule has 0 saturated heterocycles. The molecule has 0 amide bonds. The van der Waals surface area contributed by atoms with Gasteiger partial charge in [-0.05, 0) is 77.0 Å². The van der Waals surface area contributed by atoms with Crippen LogP contribution in [0.1, 0.15) is 278 Å². The molecular weight excluding hydrogens is 805 g/mol. The molecule has 376 valence electrons. The van der Waals surface area contributed by atoms with Crippen molar-refractivity contribution in [3.63, 3.8) is 0 Å². The largest absolute Gasteiger partial charge is 0.462 e. The van der Waals surface area contributed by atoms with Gasteiger partial charge in [0.25, 0.3) is 0 Å². The van der Waals surface area contributed by atoms with Crippen LogP contribution in [0.5, 0.6) is 0 Å². The standard InChI is InChI=1S/C59H104O6/c1-4-7-10-13-16-19-21-23-25-27-29-31-33-35-37-40-43-46-49-52-58(61)64-55-56(54-63-57(60)51-48-45-42-39-18-15-12-9-6-3)65-59(62)53-50-47-44-41-38-36-34-32-30-28-26-24-22-20-17-14-11-8-5-2/h7,10,16,19,23,25,29,31,39,42,56H,4-6,8-9,11-15,17-18,20-22,24,26-28,30,32-38,40-41,43-55H2,1-3H3/b10-7-,19-16-,25-23-,31-29-,42-39-. The Morgan fingerprint density at radius 3 is 1.03 bits per heavy atom. The lowest BCUT2D eigenvalue weighted by Gasteiger charge is -2.18. The molecule has 0 aromatic heterocycles. The highest BCUT2D eigenvalue weighted by molar-refractivity contribution is 5.71. The zero-order valence-corrected chi connectivity index (χ0v) is 43.0. The van der Waals surface area contributed by atoms with E-state index >= 15 is 0 Å². The van der Waals surface area contributed by atoms with E-state index in [4.69, 9.17) is 14.2 Å². The first-order valence-corrected chi connectivity index (χ1v) is 27.8. The van der Waals surface area contributed by atoms with Crippen molar-refractivity contribution >= 4 is 17.9 Å². The predicted octanol–water partition coefficient (Wildman–Crippen LogP) is 18.4. The number of carbonyl (C=O) groups excluding carboxylic acids is 3. The van der Waals surface area contributed by atoms with Gasteiger partial charge in [0.15, 0.2) is 6.10 Å². The number of allylic oxidation sites excluding steroid dienone is 10. The molecule has 0 aromatic rings. The smallest absolute Gasteiger partial charge is 0.306 e. The van der Waals surface area contributed by atoms with E-state index in [1.165, 1.54) is 148 Å². The van der Waals surface area contributed by atoms with Crippen molar-refractivity contribution in [3.8, 4) is 0 Å². The molecule has 65 heavy (non-hydrogen) atoms. The van der Waals surface area contributed by atoms with E-state index in [-0.39, 0.29) is 31.1 Å². The number of unbranched alkanes of at least 4 members (excludes halogenated alkanes) is 29. The van der Waals surface area contributed by atoms with Gasteiger partial charge in [-0.1, -0.05) is 242 Å². The Labute approximate surface area is 402 Å². The van der Waals surface area contributed by atoms with Crippen LogP contribution in [0.2, 0.25) is 0 Å². The van der Waals surface area contributed by atoms with Crippen LogP contribution in [0, 0.1) is 0 Å². The summed E-state index contributed by atoms with van der Waals surface area (Å²) in [4.78, 5) is 38.0. The van der Waals surface area contributed by atoms with Crippen LogP contribution in [-0.4, -0.2) is 37.2 Å². The maximum atomic E-state index is 12.8. The fourth-order valence-corrected chi connectivity index (χ4v) is 7.85. The minimum absolute atomic E-state index is 0.0882. The molecule has 0 heterocycles. The second-order valence-corrected chi connectivity index (χ2v) is 18.5. The average Bonchev–Trinajstić information content (AvgIpc) is 3.30. The molecule has 0 spiro atoms. The van der Waals surface area contributed by atoms with E-state index in [9.17, 15) is 14.4 Å². The van der Waals surface area contributed by atoms with Crippen LogP contribution < -0.4 is 0 Å². The first kappa shape index (κ1) is 62.1. The summed E-state index contributed by atoms with van der Waals surface area (Å²) in [6.45, 7) is 6.48. The van der Waals surface area contributed by atoms with Gasteiger partial charge in [0.2, 0.25) is 0 Å². The lowest BCUT2D eigenvalue weighted by Crippen LogP contribution is -2.30. The number of rotatable bonds is 50. The third-order valence-corrected chi connectivity index (χ3v) is 12.0. The van der Waals surface area contributed by atoms with Crippen LogP contribution >= 0.6 is 0 Å². The summed E-state index contributed by atoms with van der Waals surface area (Å²) >= 11 is 0. The van der Waals surface area contributed by atoms with Gasteiger partial charge in [0.05, 0.1) is 0 Å². The fraction of sp³-hybridized carbons (Fsp3) is 0.780. The molecule has 0 aromatic carbocycles. The molecule has 6 nitrogen and oxygen atoms in total. The second kappa shape index (κ2) is 53.7. The minimum atomic E-state index is -0.788. The van der Waals surface area contributed by atoms with Crippen molar-refractivity contribution in [2.75, 3.05) is 13.2 Å². The Bertz CT molecular complexity index is 1180. The topological polar surface area (TPSA) is 78.9 Å². The van der Waals surface area contributed by atoms with Crippen LogP contribution in [0.25, 0.3) is 0 Å². The molecule has 0 saturated carbocycles. The Morgan fingerprint density at radius 1 is 0.323 bits per heavy atom. The first-order valence-electron chi connectivity index (χ1n) is 27.8. The molecule has 1 unspecified atom stereocenters.